The van der Waals surface area contributed by atoms with Crippen LogP contribution in [0.15, 0.2) is 18.2 Å². The van der Waals surface area contributed by atoms with E-state index in [2.05, 4.69) is 5.32 Å². The Morgan fingerprint density at radius 1 is 1.33 bits per heavy atom. The Morgan fingerprint density at radius 3 is 2.73 bits per heavy atom. The molecule has 0 radical (unpaired) electrons. The zero-order valence-electron chi connectivity index (χ0n) is 7.80. The Bertz CT molecular complexity index is 385. The van der Waals surface area contributed by atoms with E-state index >= 15 is 0 Å². The molecule has 1 N–H and O–H groups in total. The van der Waals surface area contributed by atoms with Gasteiger partial charge in [-0.2, -0.15) is 0 Å². The van der Waals surface area contributed by atoms with Crippen LogP contribution in [0.4, 0.5) is 4.79 Å². The highest BCUT2D eigenvalue weighted by Crippen LogP contribution is 2.27. The van der Waals surface area contributed by atoms with Gasteiger partial charge >= 0.3 is 6.09 Å². The standard InChI is InChI=1S/C10H9Cl2NO2/c11-8-2-1-6(3-9(8)12)7-4-13-10(14)15-5-7/h1-3,7H,4-5H2,(H,13,14). The molecule has 2 rings (SSSR count). The number of carbonyl (C=O) groups excluding carboxylic acids is 1. The summed E-state index contributed by atoms with van der Waals surface area (Å²) in [4.78, 5) is 10.8. The molecule has 1 aromatic rings. The molecule has 1 amide bonds. The van der Waals surface area contributed by atoms with Crippen LogP contribution in [0.1, 0.15) is 11.5 Å². The SMILES string of the molecule is O=C1NCC(c2ccc(Cl)c(Cl)c2)CO1. The fraction of sp³-hybridized carbons (Fsp3) is 0.300. The van der Waals surface area contributed by atoms with E-state index in [-0.39, 0.29) is 12.0 Å². The first-order valence-corrected chi connectivity index (χ1v) is 5.28. The number of hydrogen-bond donors (Lipinski definition) is 1. The lowest BCUT2D eigenvalue weighted by Gasteiger charge is -2.23. The minimum atomic E-state index is -0.369. The Hall–Kier alpha value is -0.930. The Balaban J connectivity index is 2.16. The predicted molar refractivity (Wildman–Crippen MR) is 58.6 cm³/mol. The molecular formula is C10H9Cl2NO2. The van der Waals surface area contributed by atoms with Gasteiger partial charge in [0.15, 0.2) is 0 Å². The van der Waals surface area contributed by atoms with Gasteiger partial charge in [0.05, 0.1) is 10.0 Å². The van der Waals surface area contributed by atoms with Crippen LogP contribution in [0.3, 0.4) is 0 Å². The summed E-state index contributed by atoms with van der Waals surface area (Å²) < 4.78 is 4.89. The molecule has 1 aliphatic rings. The van der Waals surface area contributed by atoms with E-state index in [4.69, 9.17) is 27.9 Å². The van der Waals surface area contributed by atoms with Gasteiger partial charge in [0, 0.05) is 12.5 Å². The molecule has 80 valence electrons. The normalized spacial score (nSPS) is 20.7. The number of nitrogens with one attached hydrogen (secondary N) is 1. The van der Waals surface area contributed by atoms with Crippen LogP contribution >= 0.6 is 23.2 Å². The third kappa shape index (κ3) is 2.36. The highest BCUT2D eigenvalue weighted by Gasteiger charge is 2.20. The first-order valence-electron chi connectivity index (χ1n) is 4.52. The molecule has 1 unspecified atom stereocenters. The van der Waals surface area contributed by atoms with Crippen molar-refractivity contribution < 1.29 is 9.53 Å². The zero-order valence-corrected chi connectivity index (χ0v) is 9.31. The summed E-state index contributed by atoms with van der Waals surface area (Å²) >= 11 is 11.7. The molecule has 0 saturated carbocycles. The molecule has 1 heterocycles. The van der Waals surface area contributed by atoms with Crippen LogP contribution < -0.4 is 5.32 Å². The molecule has 1 aliphatic heterocycles. The number of benzene rings is 1. The van der Waals surface area contributed by atoms with Crippen LogP contribution in [0, 0.1) is 0 Å². The summed E-state index contributed by atoms with van der Waals surface area (Å²) in [5.74, 6) is 0.137. The number of amides is 1. The van der Waals surface area contributed by atoms with E-state index in [1.807, 2.05) is 6.07 Å². The summed E-state index contributed by atoms with van der Waals surface area (Å²) in [7, 11) is 0. The van der Waals surface area contributed by atoms with E-state index in [1.165, 1.54) is 0 Å². The smallest absolute Gasteiger partial charge is 0.407 e. The van der Waals surface area contributed by atoms with E-state index in [0.29, 0.717) is 23.2 Å². The topological polar surface area (TPSA) is 38.3 Å². The van der Waals surface area contributed by atoms with Gasteiger partial charge in [-0.25, -0.2) is 4.79 Å². The van der Waals surface area contributed by atoms with Gasteiger partial charge in [0.25, 0.3) is 0 Å². The van der Waals surface area contributed by atoms with E-state index in [9.17, 15) is 4.79 Å². The van der Waals surface area contributed by atoms with Crippen LogP contribution in [0.5, 0.6) is 0 Å². The summed E-state index contributed by atoms with van der Waals surface area (Å²) in [6.07, 6.45) is -0.369. The maximum absolute atomic E-state index is 10.8. The number of carbonyl (C=O) groups is 1. The van der Waals surface area contributed by atoms with Crippen molar-refractivity contribution in [2.24, 2.45) is 0 Å². The van der Waals surface area contributed by atoms with Crippen molar-refractivity contribution in [2.75, 3.05) is 13.2 Å². The van der Waals surface area contributed by atoms with Gasteiger partial charge in [-0.15, -0.1) is 0 Å². The molecule has 15 heavy (non-hydrogen) atoms. The Morgan fingerprint density at radius 2 is 2.13 bits per heavy atom. The van der Waals surface area contributed by atoms with Crippen LogP contribution in [-0.4, -0.2) is 19.2 Å². The van der Waals surface area contributed by atoms with Crippen molar-refractivity contribution in [1.82, 2.24) is 5.32 Å². The minimum absolute atomic E-state index is 0.137. The van der Waals surface area contributed by atoms with Crippen molar-refractivity contribution in [2.45, 2.75) is 5.92 Å². The van der Waals surface area contributed by atoms with E-state index in [1.54, 1.807) is 12.1 Å². The Kier molecular flexibility index (Phi) is 3.03. The van der Waals surface area contributed by atoms with Crippen LogP contribution in [0.25, 0.3) is 0 Å². The number of cyclic esters (lactones) is 1. The number of alkyl carbamates (subject to hydrolysis) is 1. The molecule has 1 atom stereocenters. The average Bonchev–Trinajstić information content (AvgIpc) is 2.23. The van der Waals surface area contributed by atoms with E-state index in [0.717, 1.165) is 5.56 Å². The molecule has 5 heteroatoms. The van der Waals surface area contributed by atoms with Gasteiger partial charge < -0.3 is 10.1 Å². The Labute approximate surface area is 97.3 Å². The van der Waals surface area contributed by atoms with Gasteiger partial charge in [-0.1, -0.05) is 29.3 Å². The van der Waals surface area contributed by atoms with Gasteiger partial charge in [-0.3, -0.25) is 0 Å². The van der Waals surface area contributed by atoms with Gasteiger partial charge in [-0.05, 0) is 17.7 Å². The molecular weight excluding hydrogens is 237 g/mol. The second kappa shape index (κ2) is 4.29. The molecule has 0 aliphatic carbocycles. The first kappa shape index (κ1) is 10.6. The lowest BCUT2D eigenvalue weighted by atomic mass is 9.99. The number of rotatable bonds is 1. The fourth-order valence-electron chi connectivity index (χ4n) is 1.47. The van der Waals surface area contributed by atoms with E-state index < -0.39 is 0 Å². The van der Waals surface area contributed by atoms with Crippen LogP contribution in [-0.2, 0) is 4.74 Å². The molecule has 1 fully saturated rings. The molecule has 0 bridgehead atoms. The van der Waals surface area contributed by atoms with Crippen LogP contribution in [0.2, 0.25) is 10.0 Å². The molecule has 0 aromatic heterocycles. The largest absolute Gasteiger partial charge is 0.449 e. The lowest BCUT2D eigenvalue weighted by Crippen LogP contribution is -2.37. The second-order valence-corrected chi connectivity index (χ2v) is 4.16. The van der Waals surface area contributed by atoms with Crippen molar-refractivity contribution >= 4 is 29.3 Å². The molecule has 0 spiro atoms. The average molecular weight is 246 g/mol. The van der Waals surface area contributed by atoms with Crippen molar-refractivity contribution in [3.8, 4) is 0 Å². The number of halogens is 2. The minimum Gasteiger partial charge on any atom is -0.449 e. The fourth-order valence-corrected chi connectivity index (χ4v) is 1.78. The number of hydrogen-bond acceptors (Lipinski definition) is 2. The van der Waals surface area contributed by atoms with Gasteiger partial charge in [0.1, 0.15) is 6.61 Å². The third-order valence-electron chi connectivity index (χ3n) is 2.32. The maximum atomic E-state index is 10.8. The summed E-state index contributed by atoms with van der Waals surface area (Å²) in [5, 5.41) is 3.68. The zero-order chi connectivity index (χ0) is 10.8. The van der Waals surface area contributed by atoms with Gasteiger partial charge in [0.2, 0.25) is 0 Å². The summed E-state index contributed by atoms with van der Waals surface area (Å²) in [6.45, 7) is 0.945. The predicted octanol–water partition coefficient (Wildman–Crippen LogP) is 2.82. The quantitative estimate of drug-likeness (QED) is 0.827. The first-order chi connectivity index (χ1) is 7.16. The summed E-state index contributed by atoms with van der Waals surface area (Å²) in [6, 6.07) is 5.44. The lowest BCUT2D eigenvalue weighted by molar-refractivity contribution is 0.120. The number of ether oxygens (including phenoxy) is 1. The summed E-state index contributed by atoms with van der Waals surface area (Å²) in [5.41, 5.74) is 1.02. The molecule has 3 nitrogen and oxygen atoms in total. The third-order valence-corrected chi connectivity index (χ3v) is 3.06. The molecule has 1 aromatic carbocycles. The maximum Gasteiger partial charge on any atom is 0.407 e. The van der Waals surface area contributed by atoms with Crippen molar-refractivity contribution in [3.63, 3.8) is 0 Å². The highest BCUT2D eigenvalue weighted by atomic mass is 35.5. The molecule has 1 saturated heterocycles. The van der Waals surface area contributed by atoms with Crippen molar-refractivity contribution in [1.29, 1.82) is 0 Å². The van der Waals surface area contributed by atoms with Crippen molar-refractivity contribution in [3.05, 3.63) is 33.8 Å². The highest BCUT2D eigenvalue weighted by molar-refractivity contribution is 6.42. The monoisotopic (exact) mass is 245 g/mol. The second-order valence-electron chi connectivity index (χ2n) is 3.35.